The van der Waals surface area contributed by atoms with Gasteiger partial charge in [-0.05, 0) is 19.1 Å². The van der Waals surface area contributed by atoms with Crippen LogP contribution in [-0.2, 0) is 13.0 Å². The summed E-state index contributed by atoms with van der Waals surface area (Å²) in [4.78, 5) is 11.1. The Bertz CT molecular complexity index is 507. The van der Waals surface area contributed by atoms with Gasteiger partial charge in [0.2, 0.25) is 0 Å². The van der Waals surface area contributed by atoms with Gasteiger partial charge in [0, 0.05) is 22.2 Å². The molecule has 90 valence electrons. The maximum absolute atomic E-state index is 5.72. The second-order valence-electron chi connectivity index (χ2n) is 3.81. The molecule has 0 amide bonds. The molecule has 0 saturated carbocycles. The predicted octanol–water partition coefficient (Wildman–Crippen LogP) is 2.60. The second-order valence-corrected chi connectivity index (χ2v) is 5.19. The fraction of sp³-hybridized carbons (Fsp3) is 0.333. The Kier molecular flexibility index (Phi) is 3.58. The Morgan fingerprint density at radius 3 is 2.82 bits per heavy atom. The monoisotopic (exact) mass is 248 g/mol. The second kappa shape index (κ2) is 5.14. The summed E-state index contributed by atoms with van der Waals surface area (Å²) in [7, 11) is 0. The first kappa shape index (κ1) is 11.9. The zero-order valence-corrected chi connectivity index (χ0v) is 10.8. The number of nitrogens with one attached hydrogen (secondary N) is 1. The first-order chi connectivity index (χ1) is 8.17. The van der Waals surface area contributed by atoms with Gasteiger partial charge in [-0.1, -0.05) is 6.92 Å². The number of nitrogens with zero attached hydrogens (tertiary/aromatic N) is 2. The van der Waals surface area contributed by atoms with Crippen LogP contribution in [0.5, 0.6) is 0 Å². The molecule has 0 bridgehead atoms. The molecule has 2 aromatic rings. The highest BCUT2D eigenvalue weighted by atomic mass is 32.1. The number of nitrogen functional groups attached to an aromatic ring is 1. The van der Waals surface area contributed by atoms with Crippen LogP contribution in [0.1, 0.15) is 22.5 Å². The third-order valence-corrected chi connectivity index (χ3v) is 3.35. The minimum atomic E-state index is 0.515. The molecule has 17 heavy (non-hydrogen) atoms. The van der Waals surface area contributed by atoms with Crippen LogP contribution < -0.4 is 11.1 Å². The van der Waals surface area contributed by atoms with E-state index in [0.29, 0.717) is 5.82 Å². The first-order valence-electron chi connectivity index (χ1n) is 5.60. The first-order valence-corrected chi connectivity index (χ1v) is 6.41. The van der Waals surface area contributed by atoms with Crippen molar-refractivity contribution in [2.24, 2.45) is 0 Å². The molecule has 4 nitrogen and oxygen atoms in total. The molecule has 0 unspecified atom stereocenters. The van der Waals surface area contributed by atoms with Gasteiger partial charge in [-0.25, -0.2) is 9.97 Å². The van der Waals surface area contributed by atoms with E-state index in [1.807, 2.05) is 6.92 Å². The van der Waals surface area contributed by atoms with Gasteiger partial charge in [0.25, 0.3) is 0 Å². The lowest BCUT2D eigenvalue weighted by atomic mass is 10.4. The highest BCUT2D eigenvalue weighted by Crippen LogP contribution is 2.17. The summed E-state index contributed by atoms with van der Waals surface area (Å²) in [5.41, 5.74) is 5.72. The van der Waals surface area contributed by atoms with E-state index in [9.17, 15) is 0 Å². The van der Waals surface area contributed by atoms with Gasteiger partial charge in [0.05, 0.1) is 6.54 Å². The molecule has 0 aromatic carbocycles. The van der Waals surface area contributed by atoms with Crippen LogP contribution >= 0.6 is 11.3 Å². The Balaban J connectivity index is 2.05. The standard InChI is InChI=1S/C12H16N4S/c1-3-11-15-10(13)6-12(16-11)14-7-9-5-4-8(2)17-9/h4-6H,3,7H2,1-2H3,(H3,13,14,15,16). The van der Waals surface area contributed by atoms with E-state index in [-0.39, 0.29) is 0 Å². The van der Waals surface area contributed by atoms with Gasteiger partial charge in [0.15, 0.2) is 0 Å². The normalized spacial score (nSPS) is 10.5. The quantitative estimate of drug-likeness (QED) is 0.873. The number of nitrogens with two attached hydrogens (primary N) is 1. The number of aryl methyl sites for hydroxylation is 2. The van der Waals surface area contributed by atoms with E-state index in [1.165, 1.54) is 9.75 Å². The van der Waals surface area contributed by atoms with E-state index in [1.54, 1.807) is 17.4 Å². The molecule has 2 rings (SSSR count). The Hall–Kier alpha value is -1.62. The number of hydrogen-bond acceptors (Lipinski definition) is 5. The molecule has 0 saturated heterocycles. The van der Waals surface area contributed by atoms with Crippen LogP contribution in [0.25, 0.3) is 0 Å². The van der Waals surface area contributed by atoms with Gasteiger partial charge in [-0.2, -0.15) is 0 Å². The van der Waals surface area contributed by atoms with Crippen LogP contribution in [0.3, 0.4) is 0 Å². The molecule has 2 heterocycles. The Morgan fingerprint density at radius 1 is 1.35 bits per heavy atom. The minimum Gasteiger partial charge on any atom is -0.384 e. The Labute approximate surface area is 105 Å². The van der Waals surface area contributed by atoms with Crippen LogP contribution in [0.4, 0.5) is 11.6 Å². The maximum Gasteiger partial charge on any atom is 0.132 e. The predicted molar refractivity (Wildman–Crippen MR) is 72.2 cm³/mol. The molecule has 0 radical (unpaired) electrons. The summed E-state index contributed by atoms with van der Waals surface area (Å²) in [6.07, 6.45) is 0.790. The van der Waals surface area contributed by atoms with E-state index >= 15 is 0 Å². The summed E-state index contributed by atoms with van der Waals surface area (Å²) in [5, 5.41) is 3.27. The number of rotatable bonds is 4. The smallest absolute Gasteiger partial charge is 0.132 e. The molecular formula is C12H16N4S. The van der Waals surface area contributed by atoms with Gasteiger partial charge < -0.3 is 11.1 Å². The van der Waals surface area contributed by atoms with E-state index in [2.05, 4.69) is 34.3 Å². The summed E-state index contributed by atoms with van der Waals surface area (Å²) in [5.74, 6) is 2.08. The minimum absolute atomic E-state index is 0.515. The molecule has 2 aromatic heterocycles. The topological polar surface area (TPSA) is 63.8 Å². The largest absolute Gasteiger partial charge is 0.384 e. The van der Waals surface area contributed by atoms with Crippen molar-refractivity contribution in [1.29, 1.82) is 0 Å². The van der Waals surface area contributed by atoms with Crippen LogP contribution in [-0.4, -0.2) is 9.97 Å². The zero-order valence-electron chi connectivity index (χ0n) is 10.0. The van der Waals surface area contributed by atoms with Crippen LogP contribution in [0, 0.1) is 6.92 Å². The van der Waals surface area contributed by atoms with Crippen LogP contribution in [0.2, 0.25) is 0 Å². The van der Waals surface area contributed by atoms with Crippen molar-refractivity contribution in [2.45, 2.75) is 26.8 Å². The molecule has 0 spiro atoms. The Morgan fingerprint density at radius 2 is 2.18 bits per heavy atom. The van der Waals surface area contributed by atoms with Gasteiger partial charge in [-0.15, -0.1) is 11.3 Å². The summed E-state index contributed by atoms with van der Waals surface area (Å²) >= 11 is 1.78. The average molecular weight is 248 g/mol. The third-order valence-electron chi connectivity index (χ3n) is 2.35. The molecule has 0 atom stereocenters. The molecule has 0 aliphatic heterocycles. The molecular weight excluding hydrogens is 232 g/mol. The molecule has 0 aliphatic rings. The van der Waals surface area contributed by atoms with Crippen molar-refractivity contribution in [3.05, 3.63) is 33.8 Å². The maximum atomic E-state index is 5.72. The number of hydrogen-bond donors (Lipinski definition) is 2. The fourth-order valence-electron chi connectivity index (χ4n) is 1.52. The van der Waals surface area contributed by atoms with Gasteiger partial charge >= 0.3 is 0 Å². The van der Waals surface area contributed by atoms with Gasteiger partial charge in [-0.3, -0.25) is 0 Å². The molecule has 0 fully saturated rings. The highest BCUT2D eigenvalue weighted by molar-refractivity contribution is 7.11. The molecule has 3 N–H and O–H groups in total. The number of thiophene rings is 1. The van der Waals surface area contributed by atoms with Gasteiger partial charge in [0.1, 0.15) is 17.5 Å². The van der Waals surface area contributed by atoms with Crippen LogP contribution in [0.15, 0.2) is 18.2 Å². The van der Waals surface area contributed by atoms with E-state index < -0.39 is 0 Å². The number of aromatic nitrogens is 2. The summed E-state index contributed by atoms with van der Waals surface area (Å²) < 4.78 is 0. The fourth-order valence-corrected chi connectivity index (χ4v) is 2.35. The van der Waals surface area contributed by atoms with Crippen molar-refractivity contribution < 1.29 is 0 Å². The zero-order chi connectivity index (χ0) is 12.3. The van der Waals surface area contributed by atoms with Crippen molar-refractivity contribution in [3.8, 4) is 0 Å². The SMILES string of the molecule is CCc1nc(N)cc(NCc2ccc(C)s2)n1. The number of anilines is 2. The lowest BCUT2D eigenvalue weighted by Gasteiger charge is -2.06. The van der Waals surface area contributed by atoms with E-state index in [0.717, 1.165) is 24.6 Å². The lowest BCUT2D eigenvalue weighted by molar-refractivity contribution is 0.939. The van der Waals surface area contributed by atoms with Crippen molar-refractivity contribution in [2.75, 3.05) is 11.1 Å². The lowest BCUT2D eigenvalue weighted by Crippen LogP contribution is -2.05. The molecule has 5 heteroatoms. The highest BCUT2D eigenvalue weighted by Gasteiger charge is 2.02. The van der Waals surface area contributed by atoms with Crippen molar-refractivity contribution >= 4 is 23.0 Å². The van der Waals surface area contributed by atoms with Crippen molar-refractivity contribution in [3.63, 3.8) is 0 Å². The molecule has 0 aliphatic carbocycles. The summed E-state index contributed by atoms with van der Waals surface area (Å²) in [6.45, 7) is 4.89. The third kappa shape index (κ3) is 3.17. The summed E-state index contributed by atoms with van der Waals surface area (Å²) in [6, 6.07) is 6.01. The van der Waals surface area contributed by atoms with E-state index in [4.69, 9.17) is 5.73 Å². The average Bonchev–Trinajstić information content (AvgIpc) is 2.72. The van der Waals surface area contributed by atoms with Crippen molar-refractivity contribution in [1.82, 2.24) is 9.97 Å².